The van der Waals surface area contributed by atoms with Gasteiger partial charge in [0.25, 0.3) is 15.9 Å². The van der Waals surface area contributed by atoms with E-state index in [0.717, 1.165) is 14.3 Å². The molecule has 1 N–H and O–H groups in total. The van der Waals surface area contributed by atoms with E-state index in [-0.39, 0.29) is 29.3 Å². The molecule has 0 aromatic heterocycles. The Morgan fingerprint density at radius 3 is 2.60 bits per heavy atom. The van der Waals surface area contributed by atoms with Crippen molar-refractivity contribution < 1.29 is 18.0 Å². The maximum Gasteiger partial charge on any atom is 0.269 e. The van der Waals surface area contributed by atoms with Gasteiger partial charge in [0.2, 0.25) is 5.91 Å². The summed E-state index contributed by atoms with van der Waals surface area (Å²) in [7, 11) is -3.88. The number of halogens is 1. The van der Waals surface area contributed by atoms with Crippen molar-refractivity contribution in [2.45, 2.75) is 18.2 Å². The van der Waals surface area contributed by atoms with Crippen LogP contribution in [0.25, 0.3) is 0 Å². The number of hydrogen-bond acceptors (Lipinski definition) is 4. The summed E-state index contributed by atoms with van der Waals surface area (Å²) in [6.45, 7) is 1.66. The van der Waals surface area contributed by atoms with Crippen LogP contribution in [0.5, 0.6) is 0 Å². The van der Waals surface area contributed by atoms with Crippen LogP contribution < -0.4 is 5.32 Å². The minimum absolute atomic E-state index is 0.0100. The molecule has 0 radical (unpaired) electrons. The van der Waals surface area contributed by atoms with Crippen molar-refractivity contribution in [2.75, 3.05) is 11.9 Å². The lowest BCUT2D eigenvalue weighted by molar-refractivity contribution is -0.116. The summed E-state index contributed by atoms with van der Waals surface area (Å²) in [4.78, 5) is 24.4. The van der Waals surface area contributed by atoms with Crippen molar-refractivity contribution in [1.82, 2.24) is 4.31 Å². The first kappa shape index (κ1) is 17.6. The highest BCUT2D eigenvalue weighted by Gasteiger charge is 2.40. The van der Waals surface area contributed by atoms with Gasteiger partial charge >= 0.3 is 0 Å². The fourth-order valence-corrected chi connectivity index (χ4v) is 4.68. The average Bonchev–Trinajstić information content (AvgIpc) is 2.75. The third-order valence-electron chi connectivity index (χ3n) is 3.92. The maximum absolute atomic E-state index is 12.4. The molecule has 25 heavy (non-hydrogen) atoms. The van der Waals surface area contributed by atoms with E-state index in [9.17, 15) is 18.0 Å². The number of benzene rings is 2. The Morgan fingerprint density at radius 2 is 1.92 bits per heavy atom. The molecule has 0 saturated heterocycles. The van der Waals surface area contributed by atoms with Crippen LogP contribution in [0.1, 0.15) is 22.3 Å². The number of amides is 2. The van der Waals surface area contributed by atoms with Crippen molar-refractivity contribution in [3.63, 3.8) is 0 Å². The molecule has 8 heteroatoms. The van der Waals surface area contributed by atoms with E-state index in [1.165, 1.54) is 12.1 Å². The summed E-state index contributed by atoms with van der Waals surface area (Å²) in [5.41, 5.74) is 1.67. The molecule has 0 saturated carbocycles. The van der Waals surface area contributed by atoms with Gasteiger partial charge in [-0.1, -0.05) is 28.1 Å². The first-order chi connectivity index (χ1) is 11.8. The lowest BCUT2D eigenvalue weighted by atomic mass is 10.2. The number of nitrogens with zero attached hydrogens (tertiary/aromatic N) is 1. The van der Waals surface area contributed by atoms with Crippen molar-refractivity contribution in [1.29, 1.82) is 0 Å². The van der Waals surface area contributed by atoms with Crippen LogP contribution in [0.3, 0.4) is 0 Å². The van der Waals surface area contributed by atoms with Crippen LogP contribution in [0.15, 0.2) is 51.8 Å². The number of aryl methyl sites for hydroxylation is 1. The van der Waals surface area contributed by atoms with E-state index in [4.69, 9.17) is 0 Å². The molecule has 0 spiro atoms. The highest BCUT2D eigenvalue weighted by atomic mass is 79.9. The molecule has 0 fully saturated rings. The number of carbonyl (C=O) groups is 2. The first-order valence-corrected chi connectivity index (χ1v) is 9.76. The average molecular weight is 423 g/mol. The summed E-state index contributed by atoms with van der Waals surface area (Å²) in [6.07, 6.45) is -0.117. The summed E-state index contributed by atoms with van der Waals surface area (Å²) in [5, 5.41) is 2.73. The van der Waals surface area contributed by atoms with E-state index in [1.54, 1.807) is 24.3 Å². The molecular weight excluding hydrogens is 408 g/mol. The Labute approximate surface area is 154 Å². The summed E-state index contributed by atoms with van der Waals surface area (Å²) < 4.78 is 26.5. The molecule has 130 valence electrons. The zero-order valence-corrected chi connectivity index (χ0v) is 15.7. The number of anilines is 1. The quantitative estimate of drug-likeness (QED) is 0.820. The van der Waals surface area contributed by atoms with Crippen LogP contribution in [0.4, 0.5) is 5.69 Å². The topological polar surface area (TPSA) is 83.6 Å². The Balaban J connectivity index is 1.70. The smallest absolute Gasteiger partial charge is 0.269 e. The van der Waals surface area contributed by atoms with Crippen molar-refractivity contribution in [3.8, 4) is 0 Å². The van der Waals surface area contributed by atoms with Crippen LogP contribution >= 0.6 is 15.9 Å². The van der Waals surface area contributed by atoms with E-state index >= 15 is 0 Å². The van der Waals surface area contributed by atoms with Gasteiger partial charge in [-0.2, -0.15) is 0 Å². The summed E-state index contributed by atoms with van der Waals surface area (Å²) in [6, 6.07) is 11.5. The zero-order chi connectivity index (χ0) is 18.2. The van der Waals surface area contributed by atoms with Crippen molar-refractivity contribution in [2.24, 2.45) is 0 Å². The molecule has 0 unspecified atom stereocenters. The number of sulfonamides is 1. The minimum Gasteiger partial charge on any atom is -0.326 e. The first-order valence-electron chi connectivity index (χ1n) is 7.53. The molecule has 0 bridgehead atoms. The Bertz CT molecular complexity index is 972. The normalized spacial score (nSPS) is 15.1. The third kappa shape index (κ3) is 3.32. The predicted octanol–water partition coefficient (Wildman–Crippen LogP) is 2.93. The molecule has 2 aromatic rings. The molecule has 2 amide bonds. The number of hydrogen-bond donors (Lipinski definition) is 1. The van der Waals surface area contributed by atoms with Gasteiger partial charge in [-0.3, -0.25) is 9.59 Å². The lowest BCUT2D eigenvalue weighted by Gasteiger charge is -2.15. The van der Waals surface area contributed by atoms with Crippen LogP contribution in [-0.4, -0.2) is 31.1 Å². The van der Waals surface area contributed by atoms with Crippen LogP contribution in [0.2, 0.25) is 0 Å². The van der Waals surface area contributed by atoms with Crippen LogP contribution in [0, 0.1) is 6.92 Å². The second-order valence-corrected chi connectivity index (χ2v) is 8.38. The number of nitrogens with one attached hydrogen (secondary N) is 1. The molecular formula is C17H15BrN2O4S. The monoisotopic (exact) mass is 422 g/mol. The fourth-order valence-electron chi connectivity index (χ4n) is 2.64. The molecule has 0 atom stereocenters. The molecule has 0 aliphatic carbocycles. The second-order valence-electron chi connectivity index (χ2n) is 5.64. The standard InChI is InChI=1S/C17H15BrN2O4S/c1-11-10-12(18)6-7-14(11)19-16(21)8-9-20-17(22)13-4-2-3-5-15(13)25(20,23)24/h2-7,10H,8-9H2,1H3,(H,19,21). The fraction of sp³-hybridized carbons (Fsp3) is 0.176. The van der Waals surface area contributed by atoms with E-state index in [2.05, 4.69) is 21.2 Å². The van der Waals surface area contributed by atoms with Crippen molar-refractivity contribution >= 4 is 43.5 Å². The largest absolute Gasteiger partial charge is 0.326 e. The van der Waals surface area contributed by atoms with E-state index in [1.807, 2.05) is 13.0 Å². The van der Waals surface area contributed by atoms with Gasteiger partial charge in [-0.05, 0) is 42.8 Å². The number of carbonyl (C=O) groups excluding carboxylic acids is 2. The third-order valence-corrected chi connectivity index (χ3v) is 6.25. The van der Waals surface area contributed by atoms with Gasteiger partial charge < -0.3 is 5.32 Å². The summed E-state index contributed by atoms with van der Waals surface area (Å²) in [5.74, 6) is -0.951. The predicted molar refractivity (Wildman–Crippen MR) is 96.8 cm³/mol. The van der Waals surface area contributed by atoms with E-state index < -0.39 is 15.9 Å². The number of fused-ring (bicyclic) bond motifs is 1. The Kier molecular flexibility index (Phi) is 4.66. The SMILES string of the molecule is Cc1cc(Br)ccc1NC(=O)CCN1C(=O)c2ccccc2S1(=O)=O. The second kappa shape index (κ2) is 6.61. The van der Waals surface area contributed by atoms with Crippen LogP contribution in [-0.2, 0) is 14.8 Å². The Hall–Kier alpha value is -2.19. The van der Waals surface area contributed by atoms with Gasteiger partial charge in [-0.25, -0.2) is 12.7 Å². The van der Waals surface area contributed by atoms with Gasteiger partial charge in [-0.15, -0.1) is 0 Å². The molecule has 6 nitrogen and oxygen atoms in total. The van der Waals surface area contributed by atoms with Gasteiger partial charge in [0.05, 0.1) is 5.56 Å². The maximum atomic E-state index is 12.4. The molecule has 2 aromatic carbocycles. The molecule has 1 heterocycles. The Morgan fingerprint density at radius 1 is 1.20 bits per heavy atom. The number of rotatable bonds is 4. The molecule has 3 rings (SSSR count). The molecule has 1 aliphatic heterocycles. The molecule has 1 aliphatic rings. The van der Waals surface area contributed by atoms with E-state index in [0.29, 0.717) is 5.69 Å². The zero-order valence-electron chi connectivity index (χ0n) is 13.3. The highest BCUT2D eigenvalue weighted by molar-refractivity contribution is 9.10. The minimum atomic E-state index is -3.88. The van der Waals surface area contributed by atoms with Crippen molar-refractivity contribution in [3.05, 3.63) is 58.1 Å². The van der Waals surface area contributed by atoms with Gasteiger partial charge in [0.1, 0.15) is 4.90 Å². The lowest BCUT2D eigenvalue weighted by Crippen LogP contribution is -2.33. The van der Waals surface area contributed by atoms with Gasteiger partial charge in [0, 0.05) is 23.1 Å². The van der Waals surface area contributed by atoms with Gasteiger partial charge in [0.15, 0.2) is 0 Å². The summed E-state index contributed by atoms with van der Waals surface area (Å²) >= 11 is 3.35. The highest BCUT2D eigenvalue weighted by Crippen LogP contribution is 2.30.